The summed E-state index contributed by atoms with van der Waals surface area (Å²) < 4.78 is 27.3. The van der Waals surface area contributed by atoms with E-state index in [1.54, 1.807) is 6.07 Å². The van der Waals surface area contributed by atoms with Crippen LogP contribution in [0.25, 0.3) is 0 Å². The highest BCUT2D eigenvalue weighted by molar-refractivity contribution is 7.89. The maximum atomic E-state index is 11.1. The third-order valence-corrected chi connectivity index (χ3v) is 3.81. The first-order chi connectivity index (χ1) is 9.99. The Kier molecular flexibility index (Phi) is 5.13. The standard InChI is InChI=1S/C14H18N2O4S/c15-21(18,19)14-7-6-13(20-14)9-16-12(10-17)8-11-4-2-1-3-5-11/h1-7,12,16-17H,8-10H2,(H2,15,18,19)/t12-/m0/s1. The average molecular weight is 310 g/mol. The molecule has 0 saturated carbocycles. The van der Waals surface area contributed by atoms with Gasteiger partial charge in [-0.2, -0.15) is 0 Å². The molecule has 4 N–H and O–H groups in total. The van der Waals surface area contributed by atoms with Gasteiger partial charge < -0.3 is 14.8 Å². The fourth-order valence-corrected chi connectivity index (χ4v) is 2.43. The van der Waals surface area contributed by atoms with Crippen LogP contribution < -0.4 is 10.5 Å². The number of aliphatic hydroxyl groups excluding tert-OH is 1. The second-order valence-corrected chi connectivity index (χ2v) is 6.21. The van der Waals surface area contributed by atoms with Crippen molar-refractivity contribution in [3.63, 3.8) is 0 Å². The van der Waals surface area contributed by atoms with E-state index in [9.17, 15) is 13.5 Å². The van der Waals surface area contributed by atoms with Crippen LogP contribution in [0.15, 0.2) is 52.0 Å². The predicted octanol–water partition coefficient (Wildman–Crippen LogP) is 0.620. The molecular formula is C14H18N2O4S. The van der Waals surface area contributed by atoms with Crippen molar-refractivity contribution in [3.8, 4) is 0 Å². The lowest BCUT2D eigenvalue weighted by Crippen LogP contribution is -2.33. The average Bonchev–Trinajstić information content (AvgIpc) is 2.93. The molecule has 0 bridgehead atoms. The van der Waals surface area contributed by atoms with Gasteiger partial charge in [-0.25, -0.2) is 13.6 Å². The number of nitrogens with one attached hydrogen (secondary N) is 1. The van der Waals surface area contributed by atoms with Crippen LogP contribution in [0.1, 0.15) is 11.3 Å². The van der Waals surface area contributed by atoms with Gasteiger partial charge in [0, 0.05) is 6.04 Å². The molecule has 0 fully saturated rings. The molecule has 0 aliphatic rings. The maximum Gasteiger partial charge on any atom is 0.271 e. The van der Waals surface area contributed by atoms with Gasteiger partial charge in [0.1, 0.15) is 5.76 Å². The highest BCUT2D eigenvalue weighted by Gasteiger charge is 2.14. The number of benzene rings is 1. The number of rotatable bonds is 7. The lowest BCUT2D eigenvalue weighted by atomic mass is 10.1. The number of hydrogen-bond donors (Lipinski definition) is 3. The molecule has 0 unspecified atom stereocenters. The van der Waals surface area contributed by atoms with Crippen molar-refractivity contribution in [1.82, 2.24) is 5.32 Å². The molecule has 1 atom stereocenters. The minimum absolute atomic E-state index is 0.0301. The number of nitrogens with two attached hydrogens (primary N) is 1. The first-order valence-electron chi connectivity index (χ1n) is 6.48. The summed E-state index contributed by atoms with van der Waals surface area (Å²) in [5.41, 5.74) is 1.11. The van der Waals surface area contributed by atoms with Gasteiger partial charge in [-0.3, -0.25) is 0 Å². The topological polar surface area (TPSA) is 106 Å². The Hall–Kier alpha value is -1.67. The van der Waals surface area contributed by atoms with Crippen molar-refractivity contribution < 1.29 is 17.9 Å². The summed E-state index contributed by atoms with van der Waals surface area (Å²) in [4.78, 5) is 0. The molecule has 0 aliphatic carbocycles. The largest absolute Gasteiger partial charge is 0.447 e. The highest BCUT2D eigenvalue weighted by atomic mass is 32.2. The Morgan fingerprint density at radius 3 is 2.48 bits per heavy atom. The van der Waals surface area contributed by atoms with Crippen LogP contribution in [-0.2, 0) is 23.0 Å². The number of furan rings is 1. The quantitative estimate of drug-likeness (QED) is 0.695. The summed E-state index contributed by atoms with van der Waals surface area (Å²) >= 11 is 0. The van der Waals surface area contributed by atoms with E-state index in [4.69, 9.17) is 9.56 Å². The first kappa shape index (κ1) is 15.7. The summed E-state index contributed by atoms with van der Waals surface area (Å²) in [7, 11) is -3.82. The summed E-state index contributed by atoms with van der Waals surface area (Å²) in [6.07, 6.45) is 0.667. The van der Waals surface area contributed by atoms with Crippen LogP contribution in [0.3, 0.4) is 0 Å². The van der Waals surface area contributed by atoms with Gasteiger partial charge in [-0.15, -0.1) is 0 Å². The van der Waals surface area contributed by atoms with E-state index in [0.717, 1.165) is 5.56 Å². The van der Waals surface area contributed by atoms with Crippen LogP contribution in [0.4, 0.5) is 0 Å². The van der Waals surface area contributed by atoms with Crippen molar-refractivity contribution in [2.45, 2.75) is 24.1 Å². The zero-order valence-corrected chi connectivity index (χ0v) is 12.2. The van der Waals surface area contributed by atoms with E-state index in [1.807, 2.05) is 30.3 Å². The predicted molar refractivity (Wildman–Crippen MR) is 77.9 cm³/mol. The van der Waals surface area contributed by atoms with Gasteiger partial charge in [0.2, 0.25) is 5.09 Å². The number of sulfonamides is 1. The fraction of sp³-hybridized carbons (Fsp3) is 0.286. The molecular weight excluding hydrogens is 292 g/mol. The van der Waals surface area contributed by atoms with Crippen molar-refractivity contribution in [2.75, 3.05) is 6.61 Å². The van der Waals surface area contributed by atoms with E-state index in [1.165, 1.54) is 6.07 Å². The Morgan fingerprint density at radius 2 is 1.90 bits per heavy atom. The van der Waals surface area contributed by atoms with Gasteiger partial charge in [0.25, 0.3) is 10.0 Å². The molecule has 114 valence electrons. The Morgan fingerprint density at radius 1 is 1.19 bits per heavy atom. The Labute approximate surface area is 123 Å². The first-order valence-corrected chi connectivity index (χ1v) is 8.03. The minimum atomic E-state index is -3.82. The summed E-state index contributed by atoms with van der Waals surface area (Å²) in [6.45, 7) is 0.283. The maximum absolute atomic E-state index is 11.1. The smallest absolute Gasteiger partial charge is 0.271 e. The number of primary sulfonamides is 1. The van der Waals surface area contributed by atoms with Gasteiger partial charge in [0.15, 0.2) is 0 Å². The molecule has 1 heterocycles. The van der Waals surface area contributed by atoms with Crippen LogP contribution in [-0.4, -0.2) is 26.2 Å². The van der Waals surface area contributed by atoms with E-state index in [2.05, 4.69) is 5.32 Å². The monoisotopic (exact) mass is 310 g/mol. The lowest BCUT2D eigenvalue weighted by Gasteiger charge is -2.15. The lowest BCUT2D eigenvalue weighted by molar-refractivity contribution is 0.237. The van der Waals surface area contributed by atoms with Crippen molar-refractivity contribution in [3.05, 3.63) is 53.8 Å². The summed E-state index contributed by atoms with van der Waals surface area (Å²) in [5.74, 6) is 0.450. The van der Waals surface area contributed by atoms with Crippen molar-refractivity contribution >= 4 is 10.0 Å². The minimum Gasteiger partial charge on any atom is -0.447 e. The second kappa shape index (κ2) is 6.86. The molecule has 0 spiro atoms. The molecule has 21 heavy (non-hydrogen) atoms. The molecule has 0 radical (unpaired) electrons. The van der Waals surface area contributed by atoms with Gasteiger partial charge >= 0.3 is 0 Å². The summed E-state index contributed by atoms with van der Waals surface area (Å²) in [5, 5.41) is 17.2. The van der Waals surface area contributed by atoms with Gasteiger partial charge in [0.05, 0.1) is 13.2 Å². The summed E-state index contributed by atoms with van der Waals surface area (Å²) in [6, 6.07) is 12.5. The zero-order chi connectivity index (χ0) is 15.3. The molecule has 7 heteroatoms. The van der Waals surface area contributed by atoms with Crippen LogP contribution in [0, 0.1) is 0 Å². The molecule has 6 nitrogen and oxygen atoms in total. The van der Waals surface area contributed by atoms with Crippen LogP contribution in [0.5, 0.6) is 0 Å². The molecule has 1 aromatic carbocycles. The van der Waals surface area contributed by atoms with Crippen molar-refractivity contribution in [2.24, 2.45) is 5.14 Å². The molecule has 2 aromatic rings. The van der Waals surface area contributed by atoms with E-state index < -0.39 is 10.0 Å². The molecule has 0 amide bonds. The van der Waals surface area contributed by atoms with Gasteiger partial charge in [-0.05, 0) is 24.1 Å². The van der Waals surface area contributed by atoms with Crippen molar-refractivity contribution in [1.29, 1.82) is 0 Å². The number of hydrogen-bond acceptors (Lipinski definition) is 5. The molecule has 0 saturated heterocycles. The van der Waals surface area contributed by atoms with E-state index >= 15 is 0 Å². The highest BCUT2D eigenvalue weighted by Crippen LogP contribution is 2.12. The fourth-order valence-electron chi connectivity index (χ4n) is 1.95. The Balaban J connectivity index is 1.93. The zero-order valence-electron chi connectivity index (χ0n) is 11.4. The van der Waals surface area contributed by atoms with E-state index in [0.29, 0.717) is 18.7 Å². The second-order valence-electron chi connectivity index (χ2n) is 4.72. The molecule has 1 aromatic heterocycles. The number of aliphatic hydroxyl groups is 1. The SMILES string of the molecule is NS(=O)(=O)c1ccc(CN[C@H](CO)Cc2ccccc2)o1. The molecule has 2 rings (SSSR count). The normalized spacial score (nSPS) is 13.2. The van der Waals surface area contributed by atoms with Crippen LogP contribution in [0.2, 0.25) is 0 Å². The molecule has 0 aliphatic heterocycles. The third-order valence-electron chi connectivity index (χ3n) is 3.03. The van der Waals surface area contributed by atoms with E-state index in [-0.39, 0.29) is 17.7 Å². The van der Waals surface area contributed by atoms with Crippen LogP contribution >= 0.6 is 0 Å². The Bertz CT molecular complexity index is 667. The van der Waals surface area contributed by atoms with Gasteiger partial charge in [-0.1, -0.05) is 30.3 Å². The third kappa shape index (κ3) is 4.68.